The fraction of sp³-hybridized carbons (Fsp3) is 0.600. The van der Waals surface area contributed by atoms with Gasteiger partial charge in [-0.15, -0.1) is 0 Å². The Bertz CT molecular complexity index is 619. The van der Waals surface area contributed by atoms with E-state index in [-0.39, 0.29) is 28.6 Å². The topological polar surface area (TPSA) is 88.4 Å². The van der Waals surface area contributed by atoms with Crippen LogP contribution in [0.4, 0.5) is 11.5 Å². The molecule has 3 rings (SSSR count). The smallest absolute Gasteiger partial charge is 0.289 e. The molecule has 1 aliphatic heterocycles. The van der Waals surface area contributed by atoms with E-state index < -0.39 is 4.92 Å². The molecule has 1 saturated heterocycles. The number of rotatable bonds is 4. The van der Waals surface area contributed by atoms with Crippen LogP contribution in [0, 0.1) is 16.0 Å². The second-order valence-corrected chi connectivity index (χ2v) is 6.58. The van der Waals surface area contributed by atoms with Crippen LogP contribution < -0.4 is 5.32 Å². The average Bonchev–Trinajstić information content (AvgIpc) is 3.19. The lowest BCUT2D eigenvalue weighted by molar-refractivity contribution is -0.385. The first kappa shape index (κ1) is 16.0. The van der Waals surface area contributed by atoms with Crippen molar-refractivity contribution in [3.63, 3.8) is 0 Å². The number of pyridine rings is 1. The maximum absolute atomic E-state index is 12.4. The standard InChI is InChI=1S/C15H19ClN4O3/c16-13-7-12(20(22)23)8-17-14(13)18-11-5-6-19(9-11)15(21)10-3-1-2-4-10/h7-8,10-11H,1-6,9H2,(H,17,18). The van der Waals surface area contributed by atoms with Crippen LogP contribution in [0.25, 0.3) is 0 Å². The van der Waals surface area contributed by atoms with E-state index >= 15 is 0 Å². The van der Waals surface area contributed by atoms with Gasteiger partial charge in [0.05, 0.1) is 9.95 Å². The molecule has 1 aromatic rings. The molecule has 1 N–H and O–H groups in total. The lowest BCUT2D eigenvalue weighted by atomic mass is 10.1. The van der Waals surface area contributed by atoms with Crippen molar-refractivity contribution in [2.24, 2.45) is 5.92 Å². The monoisotopic (exact) mass is 338 g/mol. The number of carbonyl (C=O) groups excluding carboxylic acids is 1. The first-order valence-corrected chi connectivity index (χ1v) is 8.27. The lowest BCUT2D eigenvalue weighted by Crippen LogP contribution is -2.35. The molecule has 7 nitrogen and oxygen atoms in total. The minimum absolute atomic E-state index is 0.0757. The number of nitro groups is 1. The highest BCUT2D eigenvalue weighted by Gasteiger charge is 2.32. The van der Waals surface area contributed by atoms with Crippen LogP contribution in [0.5, 0.6) is 0 Å². The highest BCUT2D eigenvalue weighted by atomic mass is 35.5. The van der Waals surface area contributed by atoms with E-state index in [2.05, 4.69) is 10.3 Å². The van der Waals surface area contributed by atoms with E-state index in [1.165, 1.54) is 12.3 Å². The van der Waals surface area contributed by atoms with Crippen molar-refractivity contribution in [2.45, 2.75) is 38.1 Å². The third kappa shape index (κ3) is 3.55. The Kier molecular flexibility index (Phi) is 4.66. The second kappa shape index (κ2) is 6.70. The molecule has 2 aliphatic rings. The van der Waals surface area contributed by atoms with Crippen molar-refractivity contribution in [1.29, 1.82) is 0 Å². The summed E-state index contributed by atoms with van der Waals surface area (Å²) >= 11 is 6.04. The number of nitrogens with one attached hydrogen (secondary N) is 1. The molecule has 0 bridgehead atoms. The SMILES string of the molecule is O=C(C1CCCC1)N1CCC(Nc2ncc([N+](=O)[O-])cc2Cl)C1. The summed E-state index contributed by atoms with van der Waals surface area (Å²) in [5, 5.41) is 14.1. The van der Waals surface area contributed by atoms with E-state index in [1.807, 2.05) is 4.90 Å². The Balaban J connectivity index is 1.59. The molecule has 2 heterocycles. The minimum Gasteiger partial charge on any atom is -0.364 e. The Labute approximate surface area is 139 Å². The van der Waals surface area contributed by atoms with Crippen LogP contribution in [0.2, 0.25) is 5.02 Å². The van der Waals surface area contributed by atoms with Gasteiger partial charge in [-0.1, -0.05) is 24.4 Å². The molecule has 0 spiro atoms. The molecule has 0 aromatic carbocycles. The highest BCUT2D eigenvalue weighted by molar-refractivity contribution is 6.33. The molecule has 8 heteroatoms. The van der Waals surface area contributed by atoms with Crippen LogP contribution in [0.15, 0.2) is 12.3 Å². The Morgan fingerprint density at radius 3 is 2.78 bits per heavy atom. The Hall–Kier alpha value is -1.89. The molecule has 1 atom stereocenters. The number of aromatic nitrogens is 1. The molecule has 1 aliphatic carbocycles. The summed E-state index contributed by atoms with van der Waals surface area (Å²) in [6.45, 7) is 1.36. The lowest BCUT2D eigenvalue weighted by Gasteiger charge is -2.21. The van der Waals surface area contributed by atoms with E-state index in [4.69, 9.17) is 11.6 Å². The number of halogens is 1. The molecular formula is C15H19ClN4O3. The summed E-state index contributed by atoms with van der Waals surface area (Å²) in [4.78, 5) is 28.5. The zero-order valence-electron chi connectivity index (χ0n) is 12.7. The van der Waals surface area contributed by atoms with Crippen molar-refractivity contribution < 1.29 is 9.72 Å². The first-order chi connectivity index (χ1) is 11.0. The van der Waals surface area contributed by atoms with Gasteiger partial charge >= 0.3 is 0 Å². The summed E-state index contributed by atoms with van der Waals surface area (Å²) in [5.74, 6) is 0.877. The predicted molar refractivity (Wildman–Crippen MR) is 86.5 cm³/mol. The van der Waals surface area contributed by atoms with Gasteiger partial charge in [0.15, 0.2) is 0 Å². The number of likely N-dealkylation sites (tertiary alicyclic amines) is 1. The maximum Gasteiger partial charge on any atom is 0.289 e. The predicted octanol–water partition coefficient (Wildman–Crippen LogP) is 2.85. The zero-order chi connectivity index (χ0) is 16.4. The molecule has 0 radical (unpaired) electrons. The van der Waals surface area contributed by atoms with Gasteiger partial charge in [-0.3, -0.25) is 14.9 Å². The van der Waals surface area contributed by atoms with Gasteiger partial charge < -0.3 is 10.2 Å². The molecule has 23 heavy (non-hydrogen) atoms. The van der Waals surface area contributed by atoms with Crippen molar-refractivity contribution in [3.05, 3.63) is 27.4 Å². The molecule has 1 amide bonds. The van der Waals surface area contributed by atoms with Gasteiger partial charge in [0.1, 0.15) is 12.0 Å². The molecule has 2 fully saturated rings. The zero-order valence-corrected chi connectivity index (χ0v) is 13.5. The molecular weight excluding hydrogens is 320 g/mol. The van der Waals surface area contributed by atoms with Gasteiger partial charge in [0.25, 0.3) is 5.69 Å². The van der Waals surface area contributed by atoms with Gasteiger partial charge in [0, 0.05) is 31.1 Å². The number of carbonyl (C=O) groups is 1. The summed E-state index contributed by atoms with van der Waals surface area (Å²) < 4.78 is 0. The molecule has 124 valence electrons. The van der Waals surface area contributed by atoms with Gasteiger partial charge in [-0.2, -0.15) is 0 Å². The number of hydrogen-bond acceptors (Lipinski definition) is 5. The van der Waals surface area contributed by atoms with Crippen LogP contribution in [-0.4, -0.2) is 39.8 Å². The highest BCUT2D eigenvalue weighted by Crippen LogP contribution is 2.29. The second-order valence-electron chi connectivity index (χ2n) is 6.18. The number of anilines is 1. The maximum atomic E-state index is 12.4. The van der Waals surface area contributed by atoms with Crippen LogP contribution >= 0.6 is 11.6 Å². The Morgan fingerprint density at radius 2 is 2.13 bits per heavy atom. The van der Waals surface area contributed by atoms with E-state index in [0.29, 0.717) is 12.4 Å². The summed E-state index contributed by atoms with van der Waals surface area (Å²) in [6.07, 6.45) is 6.31. The third-order valence-electron chi connectivity index (χ3n) is 4.58. The number of amides is 1. The summed E-state index contributed by atoms with van der Waals surface area (Å²) in [6, 6.07) is 1.36. The molecule has 1 saturated carbocycles. The van der Waals surface area contributed by atoms with Crippen LogP contribution in [0.3, 0.4) is 0 Å². The number of nitrogens with zero attached hydrogens (tertiary/aromatic N) is 3. The van der Waals surface area contributed by atoms with Crippen LogP contribution in [-0.2, 0) is 4.79 Å². The fourth-order valence-corrected chi connectivity index (χ4v) is 3.55. The molecule has 1 unspecified atom stereocenters. The quantitative estimate of drug-likeness (QED) is 0.673. The minimum atomic E-state index is -0.528. The van der Waals surface area contributed by atoms with E-state index in [0.717, 1.165) is 38.6 Å². The average molecular weight is 339 g/mol. The molecule has 1 aromatic heterocycles. The summed E-state index contributed by atoms with van der Waals surface area (Å²) in [5.41, 5.74) is -0.134. The largest absolute Gasteiger partial charge is 0.364 e. The van der Waals surface area contributed by atoms with Crippen molar-refractivity contribution in [1.82, 2.24) is 9.88 Å². The van der Waals surface area contributed by atoms with E-state index in [1.54, 1.807) is 0 Å². The van der Waals surface area contributed by atoms with E-state index in [9.17, 15) is 14.9 Å². The normalized spacial score (nSPS) is 21.6. The van der Waals surface area contributed by atoms with Gasteiger partial charge in [0.2, 0.25) is 5.91 Å². The van der Waals surface area contributed by atoms with Crippen molar-refractivity contribution in [3.8, 4) is 0 Å². The van der Waals surface area contributed by atoms with Crippen molar-refractivity contribution in [2.75, 3.05) is 18.4 Å². The van der Waals surface area contributed by atoms with Crippen molar-refractivity contribution >= 4 is 29.0 Å². The Morgan fingerprint density at radius 1 is 1.39 bits per heavy atom. The summed E-state index contributed by atoms with van der Waals surface area (Å²) in [7, 11) is 0. The van der Waals surface area contributed by atoms with Crippen LogP contribution in [0.1, 0.15) is 32.1 Å². The fourth-order valence-electron chi connectivity index (χ4n) is 3.34. The van der Waals surface area contributed by atoms with Gasteiger partial charge in [-0.25, -0.2) is 4.98 Å². The van der Waals surface area contributed by atoms with Gasteiger partial charge in [-0.05, 0) is 19.3 Å². The first-order valence-electron chi connectivity index (χ1n) is 7.90. The number of hydrogen-bond donors (Lipinski definition) is 1. The third-order valence-corrected chi connectivity index (χ3v) is 4.87.